The van der Waals surface area contributed by atoms with Crippen molar-refractivity contribution in [3.63, 3.8) is 0 Å². The van der Waals surface area contributed by atoms with E-state index in [0.29, 0.717) is 25.6 Å². The Hall–Kier alpha value is -1.52. The van der Waals surface area contributed by atoms with E-state index < -0.39 is 11.8 Å². The summed E-state index contributed by atoms with van der Waals surface area (Å²) in [6.45, 7) is 1.08. The lowest BCUT2D eigenvalue weighted by Gasteiger charge is -1.97. The number of ketones is 1. The highest BCUT2D eigenvalue weighted by Gasteiger charge is 2.13. The van der Waals surface area contributed by atoms with Crippen molar-refractivity contribution in [2.75, 3.05) is 20.3 Å². The van der Waals surface area contributed by atoms with Crippen LogP contribution in [0.3, 0.4) is 0 Å². The smallest absolute Gasteiger partial charge is 0.374 e. The molecule has 78 valence electrons. The Bertz CT molecular complexity index is 248. The van der Waals surface area contributed by atoms with E-state index >= 15 is 0 Å². The number of allylic oxidation sites excluding steroid dienone is 1. The number of methoxy groups -OCH3 is 1. The van der Waals surface area contributed by atoms with Crippen molar-refractivity contribution >= 4 is 11.8 Å². The van der Waals surface area contributed by atoms with Crippen molar-refractivity contribution in [1.82, 2.24) is 0 Å². The van der Waals surface area contributed by atoms with Gasteiger partial charge in [0.05, 0.1) is 7.11 Å². The largest absolute Gasteiger partial charge is 0.463 e. The first-order valence-corrected chi connectivity index (χ1v) is 4.31. The molecule has 0 amide bonds. The number of rotatable bonds is 4. The average Bonchev–Trinajstić information content (AvgIpc) is 2.69. The average molecular weight is 200 g/mol. The van der Waals surface area contributed by atoms with Gasteiger partial charge in [0.15, 0.2) is 0 Å². The summed E-state index contributed by atoms with van der Waals surface area (Å²) in [5, 5.41) is 0. The fraction of sp³-hybridized carbons (Fsp3) is 0.556. The zero-order valence-corrected chi connectivity index (χ0v) is 7.95. The molecule has 0 radical (unpaired) electrons. The van der Waals surface area contributed by atoms with Crippen molar-refractivity contribution in [2.24, 2.45) is 0 Å². The van der Waals surface area contributed by atoms with Crippen LogP contribution in [0.4, 0.5) is 0 Å². The fourth-order valence-electron chi connectivity index (χ4n) is 0.981. The van der Waals surface area contributed by atoms with Crippen LogP contribution in [0.15, 0.2) is 12.0 Å². The second kappa shape index (κ2) is 5.26. The molecule has 0 unspecified atom stereocenters. The van der Waals surface area contributed by atoms with E-state index in [4.69, 9.17) is 9.47 Å². The minimum absolute atomic E-state index is 0.114. The van der Waals surface area contributed by atoms with Gasteiger partial charge in [0.2, 0.25) is 5.78 Å². The van der Waals surface area contributed by atoms with Crippen molar-refractivity contribution in [3.05, 3.63) is 12.0 Å². The van der Waals surface area contributed by atoms with Crippen molar-refractivity contribution in [2.45, 2.75) is 12.8 Å². The SMILES string of the molecule is COC(=O)C(=O)CCC=C1OCCO1. The molecule has 0 aromatic carbocycles. The van der Waals surface area contributed by atoms with Crippen LogP contribution in [-0.2, 0) is 23.8 Å². The summed E-state index contributed by atoms with van der Waals surface area (Å²) < 4.78 is 14.3. The maximum atomic E-state index is 11.0. The Morgan fingerprint density at radius 2 is 2.07 bits per heavy atom. The van der Waals surface area contributed by atoms with E-state index in [2.05, 4.69) is 4.74 Å². The van der Waals surface area contributed by atoms with Crippen molar-refractivity contribution < 1.29 is 23.8 Å². The number of hydrogen-bond acceptors (Lipinski definition) is 5. The third-order valence-electron chi connectivity index (χ3n) is 1.67. The highest BCUT2D eigenvalue weighted by Crippen LogP contribution is 2.09. The van der Waals surface area contributed by atoms with Gasteiger partial charge in [-0.2, -0.15) is 0 Å². The lowest BCUT2D eigenvalue weighted by Crippen LogP contribution is -2.14. The number of Topliss-reactive ketones (excluding diaryl/α,β-unsaturated/α-hetero) is 1. The molecule has 0 saturated carbocycles. The van der Waals surface area contributed by atoms with Crippen LogP contribution in [0.1, 0.15) is 12.8 Å². The standard InChI is InChI=1S/C9H12O5/c1-12-9(11)7(10)3-2-4-8-13-5-6-14-8/h4H,2-3,5-6H2,1H3. The predicted octanol–water partition coefficient (Wildman–Crippen LogP) is 0.397. The van der Waals surface area contributed by atoms with E-state index in [9.17, 15) is 9.59 Å². The Morgan fingerprint density at radius 1 is 1.43 bits per heavy atom. The van der Waals surface area contributed by atoms with Gasteiger partial charge in [-0.15, -0.1) is 0 Å². The van der Waals surface area contributed by atoms with Gasteiger partial charge < -0.3 is 14.2 Å². The van der Waals surface area contributed by atoms with E-state index in [-0.39, 0.29) is 6.42 Å². The summed E-state index contributed by atoms with van der Waals surface area (Å²) in [5.74, 6) is -0.915. The second-order valence-corrected chi connectivity index (χ2v) is 2.67. The number of carbonyl (C=O) groups is 2. The lowest BCUT2D eigenvalue weighted by atomic mass is 10.2. The van der Waals surface area contributed by atoms with Gasteiger partial charge in [-0.1, -0.05) is 0 Å². The second-order valence-electron chi connectivity index (χ2n) is 2.67. The number of ether oxygens (including phenoxy) is 3. The molecule has 1 aliphatic rings. The number of carbonyl (C=O) groups excluding carboxylic acids is 2. The minimum Gasteiger partial charge on any atom is -0.463 e. The molecule has 0 aliphatic carbocycles. The molecule has 0 atom stereocenters. The van der Waals surface area contributed by atoms with E-state index in [1.165, 1.54) is 7.11 Å². The first kappa shape index (κ1) is 10.6. The van der Waals surface area contributed by atoms with Gasteiger partial charge in [-0.25, -0.2) is 4.79 Å². The molecule has 5 nitrogen and oxygen atoms in total. The van der Waals surface area contributed by atoms with Crippen molar-refractivity contribution in [3.8, 4) is 0 Å². The molecule has 0 aromatic heterocycles. The molecule has 0 N–H and O–H groups in total. The minimum atomic E-state index is -0.809. The molecular weight excluding hydrogens is 188 g/mol. The Labute approximate surface area is 81.6 Å². The van der Waals surface area contributed by atoms with E-state index in [0.717, 1.165) is 0 Å². The predicted molar refractivity (Wildman–Crippen MR) is 46.2 cm³/mol. The van der Waals surface area contributed by atoms with Crippen LogP contribution in [-0.4, -0.2) is 32.1 Å². The Kier molecular flexibility index (Phi) is 3.97. The third kappa shape index (κ3) is 3.08. The Morgan fingerprint density at radius 3 is 2.64 bits per heavy atom. The van der Waals surface area contributed by atoms with Crippen LogP contribution < -0.4 is 0 Å². The highest BCUT2D eigenvalue weighted by molar-refractivity contribution is 6.33. The van der Waals surface area contributed by atoms with Crippen LogP contribution in [0.5, 0.6) is 0 Å². The Balaban J connectivity index is 2.23. The summed E-state index contributed by atoms with van der Waals surface area (Å²) in [5.41, 5.74) is 0. The number of hydrogen-bond donors (Lipinski definition) is 0. The molecule has 0 spiro atoms. The summed E-state index contributed by atoms with van der Waals surface area (Å²) in [7, 11) is 1.18. The highest BCUT2D eigenvalue weighted by atomic mass is 16.7. The van der Waals surface area contributed by atoms with Crippen molar-refractivity contribution in [1.29, 1.82) is 0 Å². The number of esters is 1. The molecule has 1 fully saturated rings. The molecule has 1 aliphatic heterocycles. The fourth-order valence-corrected chi connectivity index (χ4v) is 0.981. The third-order valence-corrected chi connectivity index (χ3v) is 1.67. The normalized spacial score (nSPS) is 14.2. The van der Waals surface area contributed by atoms with Crippen LogP contribution in [0.2, 0.25) is 0 Å². The zero-order valence-electron chi connectivity index (χ0n) is 7.95. The summed E-state index contributed by atoms with van der Waals surface area (Å²) in [6, 6.07) is 0. The molecule has 1 saturated heterocycles. The van der Waals surface area contributed by atoms with Crippen LogP contribution in [0.25, 0.3) is 0 Å². The quantitative estimate of drug-likeness (QED) is 0.485. The van der Waals surface area contributed by atoms with Gasteiger partial charge >= 0.3 is 5.97 Å². The zero-order chi connectivity index (χ0) is 10.4. The first-order chi connectivity index (χ1) is 6.74. The van der Waals surface area contributed by atoms with Gasteiger partial charge in [0.25, 0.3) is 5.95 Å². The van der Waals surface area contributed by atoms with Gasteiger partial charge in [-0.3, -0.25) is 4.79 Å². The van der Waals surface area contributed by atoms with Gasteiger partial charge in [-0.05, 0) is 12.5 Å². The summed E-state index contributed by atoms with van der Waals surface area (Å²) in [6.07, 6.45) is 2.18. The van der Waals surface area contributed by atoms with E-state index in [1.54, 1.807) is 6.08 Å². The monoisotopic (exact) mass is 200 g/mol. The topological polar surface area (TPSA) is 61.8 Å². The maximum absolute atomic E-state index is 11.0. The lowest BCUT2D eigenvalue weighted by molar-refractivity contribution is -0.151. The molecule has 1 rings (SSSR count). The maximum Gasteiger partial charge on any atom is 0.374 e. The van der Waals surface area contributed by atoms with E-state index in [1.807, 2.05) is 0 Å². The summed E-state index contributed by atoms with van der Waals surface area (Å²) in [4.78, 5) is 21.6. The molecule has 0 bridgehead atoms. The molecule has 14 heavy (non-hydrogen) atoms. The van der Waals surface area contributed by atoms with Gasteiger partial charge in [0.1, 0.15) is 13.2 Å². The molecule has 5 heteroatoms. The first-order valence-electron chi connectivity index (χ1n) is 4.31. The van der Waals surface area contributed by atoms with Crippen LogP contribution >= 0.6 is 0 Å². The van der Waals surface area contributed by atoms with Gasteiger partial charge in [0, 0.05) is 6.42 Å². The summed E-state index contributed by atoms with van der Waals surface area (Å²) >= 11 is 0. The molecule has 0 aromatic rings. The van der Waals surface area contributed by atoms with Crippen LogP contribution in [0, 0.1) is 0 Å². The molecule has 1 heterocycles. The molecular formula is C9H12O5.